The number of fused-ring (bicyclic) bond motifs is 1. The Hall–Kier alpha value is -1.46. The van der Waals surface area contributed by atoms with Crippen LogP contribution in [0.1, 0.15) is 38.8 Å². The Labute approximate surface area is 142 Å². The SMILES string of the molecule is CCCCCc1ccc2c(N3CCOCC3C)nc(Cl)nc2n1. The number of halogens is 1. The summed E-state index contributed by atoms with van der Waals surface area (Å²) in [4.78, 5) is 15.7. The Bertz CT molecular complexity index is 679. The van der Waals surface area contributed by atoms with E-state index in [0.29, 0.717) is 18.9 Å². The third kappa shape index (κ3) is 3.72. The summed E-state index contributed by atoms with van der Waals surface area (Å²) in [6.45, 7) is 6.55. The fourth-order valence-electron chi connectivity index (χ4n) is 2.96. The molecular formula is C17H23ClN4O. The topological polar surface area (TPSA) is 51.1 Å². The summed E-state index contributed by atoms with van der Waals surface area (Å²) in [5.74, 6) is 0.864. The van der Waals surface area contributed by atoms with Crippen molar-refractivity contribution in [3.8, 4) is 0 Å². The zero-order chi connectivity index (χ0) is 16.2. The molecule has 2 aromatic rings. The summed E-state index contributed by atoms with van der Waals surface area (Å²) in [5, 5.41) is 1.21. The van der Waals surface area contributed by atoms with Gasteiger partial charge >= 0.3 is 0 Å². The van der Waals surface area contributed by atoms with E-state index in [1.54, 1.807) is 0 Å². The molecule has 0 N–H and O–H groups in total. The summed E-state index contributed by atoms with van der Waals surface area (Å²) in [7, 11) is 0. The summed E-state index contributed by atoms with van der Waals surface area (Å²) >= 11 is 6.15. The van der Waals surface area contributed by atoms with Gasteiger partial charge in [0.15, 0.2) is 5.65 Å². The molecule has 0 saturated carbocycles. The molecule has 1 fully saturated rings. The highest BCUT2D eigenvalue weighted by atomic mass is 35.5. The van der Waals surface area contributed by atoms with Crippen LogP contribution >= 0.6 is 11.6 Å². The molecule has 0 spiro atoms. The number of aromatic nitrogens is 3. The lowest BCUT2D eigenvalue weighted by Crippen LogP contribution is -2.44. The zero-order valence-electron chi connectivity index (χ0n) is 13.8. The molecule has 23 heavy (non-hydrogen) atoms. The smallest absolute Gasteiger partial charge is 0.226 e. The Balaban J connectivity index is 1.95. The van der Waals surface area contributed by atoms with Crippen molar-refractivity contribution >= 4 is 28.5 Å². The van der Waals surface area contributed by atoms with Gasteiger partial charge in [-0.25, -0.2) is 4.98 Å². The number of nitrogens with zero attached hydrogens (tertiary/aromatic N) is 4. The molecule has 3 rings (SSSR count). The molecule has 5 nitrogen and oxygen atoms in total. The average Bonchev–Trinajstić information content (AvgIpc) is 2.54. The minimum Gasteiger partial charge on any atom is -0.377 e. The molecule has 3 heterocycles. The fourth-order valence-corrected chi connectivity index (χ4v) is 3.12. The van der Waals surface area contributed by atoms with Gasteiger partial charge in [-0.3, -0.25) is 0 Å². The van der Waals surface area contributed by atoms with Crippen LogP contribution < -0.4 is 4.90 Å². The summed E-state index contributed by atoms with van der Waals surface area (Å²) in [6.07, 6.45) is 4.57. The van der Waals surface area contributed by atoms with E-state index in [1.807, 2.05) is 0 Å². The molecule has 0 amide bonds. The Kier molecular flexibility index (Phi) is 5.28. The van der Waals surface area contributed by atoms with Gasteiger partial charge in [-0.1, -0.05) is 19.8 Å². The number of hydrogen-bond acceptors (Lipinski definition) is 5. The summed E-state index contributed by atoms with van der Waals surface area (Å²) in [6, 6.07) is 4.43. The highest BCUT2D eigenvalue weighted by molar-refractivity contribution is 6.28. The Morgan fingerprint density at radius 2 is 2.13 bits per heavy atom. The number of pyridine rings is 1. The second-order valence-electron chi connectivity index (χ2n) is 6.06. The minimum absolute atomic E-state index is 0.254. The van der Waals surface area contributed by atoms with Gasteiger partial charge in [0.05, 0.1) is 24.6 Å². The second-order valence-corrected chi connectivity index (χ2v) is 6.40. The molecule has 0 bridgehead atoms. The number of rotatable bonds is 5. The normalized spacial score (nSPS) is 18.6. The van der Waals surface area contributed by atoms with Crippen LogP contribution in [-0.2, 0) is 11.2 Å². The lowest BCUT2D eigenvalue weighted by molar-refractivity contribution is 0.0987. The quantitative estimate of drug-likeness (QED) is 0.617. The van der Waals surface area contributed by atoms with Gasteiger partial charge in [-0.2, -0.15) is 9.97 Å². The van der Waals surface area contributed by atoms with Crippen LogP contribution in [0.4, 0.5) is 5.82 Å². The molecule has 0 aromatic carbocycles. The first kappa shape index (κ1) is 16.4. The first-order chi connectivity index (χ1) is 11.2. The van der Waals surface area contributed by atoms with Gasteiger partial charge in [-0.15, -0.1) is 0 Å². The molecule has 1 unspecified atom stereocenters. The van der Waals surface area contributed by atoms with E-state index >= 15 is 0 Å². The minimum atomic E-state index is 0.254. The molecule has 124 valence electrons. The standard InChI is InChI=1S/C17H23ClN4O/c1-3-4-5-6-13-7-8-14-15(19-13)20-17(18)21-16(14)22-9-10-23-11-12(22)2/h7-8,12H,3-6,9-11H2,1-2H3. The number of anilines is 1. The summed E-state index contributed by atoms with van der Waals surface area (Å²) < 4.78 is 5.52. The molecule has 1 aliphatic rings. The van der Waals surface area contributed by atoms with Gasteiger partial charge < -0.3 is 9.64 Å². The maximum Gasteiger partial charge on any atom is 0.226 e. The van der Waals surface area contributed by atoms with E-state index in [9.17, 15) is 0 Å². The third-order valence-electron chi connectivity index (χ3n) is 4.25. The van der Waals surface area contributed by atoms with Crippen molar-refractivity contribution in [1.29, 1.82) is 0 Å². The van der Waals surface area contributed by atoms with Crippen LogP contribution in [0.15, 0.2) is 12.1 Å². The lowest BCUT2D eigenvalue weighted by atomic mass is 10.1. The highest BCUT2D eigenvalue weighted by Crippen LogP contribution is 2.27. The molecular weight excluding hydrogens is 312 g/mol. The molecule has 1 aliphatic heterocycles. The number of hydrogen-bond donors (Lipinski definition) is 0. The van der Waals surface area contributed by atoms with Crippen molar-refractivity contribution in [1.82, 2.24) is 15.0 Å². The van der Waals surface area contributed by atoms with E-state index in [0.717, 1.165) is 36.3 Å². The molecule has 6 heteroatoms. The number of morpholine rings is 1. The van der Waals surface area contributed by atoms with Crippen molar-refractivity contribution in [2.24, 2.45) is 0 Å². The van der Waals surface area contributed by atoms with Crippen molar-refractivity contribution in [3.63, 3.8) is 0 Å². The molecule has 2 aromatic heterocycles. The van der Waals surface area contributed by atoms with Crippen LogP contribution in [0.25, 0.3) is 11.0 Å². The largest absolute Gasteiger partial charge is 0.377 e. The Morgan fingerprint density at radius 3 is 2.91 bits per heavy atom. The summed E-state index contributed by atoms with van der Waals surface area (Å²) in [5.41, 5.74) is 1.76. The van der Waals surface area contributed by atoms with E-state index in [4.69, 9.17) is 21.3 Å². The molecule has 1 saturated heterocycles. The van der Waals surface area contributed by atoms with Gasteiger partial charge in [0, 0.05) is 12.2 Å². The third-order valence-corrected chi connectivity index (χ3v) is 4.42. The van der Waals surface area contributed by atoms with Crippen molar-refractivity contribution < 1.29 is 4.74 Å². The van der Waals surface area contributed by atoms with Crippen LogP contribution in [0.2, 0.25) is 5.28 Å². The predicted molar refractivity (Wildman–Crippen MR) is 93.2 cm³/mol. The van der Waals surface area contributed by atoms with Crippen molar-refractivity contribution in [2.75, 3.05) is 24.7 Å². The van der Waals surface area contributed by atoms with Gasteiger partial charge in [0.25, 0.3) is 0 Å². The number of unbranched alkanes of at least 4 members (excludes halogenated alkanes) is 2. The van der Waals surface area contributed by atoms with E-state index in [-0.39, 0.29) is 11.3 Å². The van der Waals surface area contributed by atoms with Gasteiger partial charge in [-0.05, 0) is 43.5 Å². The van der Waals surface area contributed by atoms with E-state index < -0.39 is 0 Å². The van der Waals surface area contributed by atoms with Crippen LogP contribution in [0.3, 0.4) is 0 Å². The number of aryl methyl sites for hydroxylation is 1. The van der Waals surface area contributed by atoms with Crippen LogP contribution in [0.5, 0.6) is 0 Å². The van der Waals surface area contributed by atoms with Crippen LogP contribution in [0, 0.1) is 0 Å². The van der Waals surface area contributed by atoms with E-state index in [1.165, 1.54) is 12.8 Å². The fraction of sp³-hybridized carbons (Fsp3) is 0.588. The average molecular weight is 335 g/mol. The van der Waals surface area contributed by atoms with Gasteiger partial charge in [0.2, 0.25) is 5.28 Å². The zero-order valence-corrected chi connectivity index (χ0v) is 14.5. The maximum atomic E-state index is 6.15. The first-order valence-electron chi connectivity index (χ1n) is 8.36. The lowest BCUT2D eigenvalue weighted by Gasteiger charge is -2.34. The molecule has 0 radical (unpaired) electrons. The van der Waals surface area contributed by atoms with Crippen LogP contribution in [-0.4, -0.2) is 40.8 Å². The Morgan fingerprint density at radius 1 is 1.26 bits per heavy atom. The van der Waals surface area contributed by atoms with Gasteiger partial charge in [0.1, 0.15) is 5.82 Å². The monoisotopic (exact) mass is 334 g/mol. The predicted octanol–water partition coefficient (Wildman–Crippen LogP) is 3.64. The van der Waals surface area contributed by atoms with Crippen molar-refractivity contribution in [2.45, 2.75) is 45.6 Å². The number of ether oxygens (including phenoxy) is 1. The maximum absolute atomic E-state index is 6.15. The highest BCUT2D eigenvalue weighted by Gasteiger charge is 2.23. The second kappa shape index (κ2) is 7.41. The first-order valence-corrected chi connectivity index (χ1v) is 8.74. The van der Waals surface area contributed by atoms with Crippen molar-refractivity contribution in [3.05, 3.63) is 23.1 Å². The molecule has 0 aliphatic carbocycles. The molecule has 1 atom stereocenters. The van der Waals surface area contributed by atoms with E-state index in [2.05, 4.69) is 40.8 Å².